The molecule has 0 saturated heterocycles. The largest absolute Gasteiger partial charge is 0.370 e. The van der Waals surface area contributed by atoms with E-state index < -0.39 is 17.7 Å². The van der Waals surface area contributed by atoms with Crippen LogP contribution in [0.2, 0.25) is 0 Å². The second-order valence-electron chi connectivity index (χ2n) is 3.21. The number of hydrogen-bond acceptors (Lipinski definition) is 3. The maximum atomic E-state index is 10.6. The van der Waals surface area contributed by atoms with E-state index in [1.54, 1.807) is 0 Å². The highest BCUT2D eigenvalue weighted by molar-refractivity contribution is 5.78. The van der Waals surface area contributed by atoms with Gasteiger partial charge in [0, 0.05) is 19.3 Å². The summed E-state index contributed by atoms with van der Waals surface area (Å²) in [4.78, 5) is 31.6. The molecule has 80 valence electrons. The number of carbonyl (C=O) groups excluding carboxylic acids is 3. The van der Waals surface area contributed by atoms with Gasteiger partial charge < -0.3 is 17.2 Å². The molecule has 14 heavy (non-hydrogen) atoms. The minimum atomic E-state index is -0.513. The van der Waals surface area contributed by atoms with Crippen molar-refractivity contribution in [1.82, 2.24) is 0 Å². The van der Waals surface area contributed by atoms with E-state index in [1.165, 1.54) is 0 Å². The van der Waals surface area contributed by atoms with Crippen LogP contribution in [0.1, 0.15) is 25.7 Å². The van der Waals surface area contributed by atoms with Gasteiger partial charge in [0.15, 0.2) is 0 Å². The van der Waals surface area contributed by atoms with Gasteiger partial charge >= 0.3 is 0 Å². The maximum Gasteiger partial charge on any atom is 0.217 e. The molecular formula is C8H15N3O3. The quantitative estimate of drug-likeness (QED) is 0.469. The summed E-state index contributed by atoms with van der Waals surface area (Å²) in [5, 5.41) is 0. The number of amides is 3. The lowest BCUT2D eigenvalue weighted by molar-refractivity contribution is -0.122. The van der Waals surface area contributed by atoms with Crippen molar-refractivity contribution >= 4 is 17.7 Å². The summed E-state index contributed by atoms with van der Waals surface area (Å²) in [6, 6.07) is 0. The zero-order valence-electron chi connectivity index (χ0n) is 7.86. The van der Waals surface area contributed by atoms with Crippen LogP contribution in [0.15, 0.2) is 0 Å². The minimum absolute atomic E-state index is 0.0518. The van der Waals surface area contributed by atoms with E-state index >= 15 is 0 Å². The molecule has 0 atom stereocenters. The van der Waals surface area contributed by atoms with Gasteiger partial charge in [-0.05, 0) is 12.3 Å². The molecule has 0 rings (SSSR count). The van der Waals surface area contributed by atoms with E-state index in [2.05, 4.69) is 0 Å². The first-order valence-corrected chi connectivity index (χ1v) is 4.26. The van der Waals surface area contributed by atoms with Gasteiger partial charge in [-0.15, -0.1) is 0 Å². The Labute approximate surface area is 81.8 Å². The molecule has 0 fully saturated rings. The van der Waals surface area contributed by atoms with Crippen LogP contribution in [0.3, 0.4) is 0 Å². The van der Waals surface area contributed by atoms with Crippen LogP contribution < -0.4 is 17.2 Å². The normalized spacial score (nSPS) is 10.1. The van der Waals surface area contributed by atoms with Crippen molar-refractivity contribution in [2.75, 3.05) is 0 Å². The Hall–Kier alpha value is -1.59. The van der Waals surface area contributed by atoms with Crippen molar-refractivity contribution in [3.8, 4) is 0 Å². The smallest absolute Gasteiger partial charge is 0.217 e. The second kappa shape index (κ2) is 5.95. The topological polar surface area (TPSA) is 129 Å². The lowest BCUT2D eigenvalue weighted by Crippen LogP contribution is -2.23. The molecule has 0 bridgehead atoms. The number of nitrogens with two attached hydrogens (primary N) is 3. The molecule has 0 aromatic carbocycles. The van der Waals surface area contributed by atoms with Crippen molar-refractivity contribution in [2.24, 2.45) is 23.1 Å². The molecule has 0 unspecified atom stereocenters. The van der Waals surface area contributed by atoms with Crippen LogP contribution >= 0.6 is 0 Å². The van der Waals surface area contributed by atoms with Crippen molar-refractivity contribution in [3.63, 3.8) is 0 Å². The Bertz CT molecular complexity index is 224. The zero-order chi connectivity index (χ0) is 11.1. The van der Waals surface area contributed by atoms with E-state index in [0.29, 0.717) is 6.42 Å². The molecule has 0 aliphatic heterocycles. The fourth-order valence-electron chi connectivity index (χ4n) is 1.19. The van der Waals surface area contributed by atoms with Gasteiger partial charge in [-0.3, -0.25) is 14.4 Å². The van der Waals surface area contributed by atoms with E-state index in [0.717, 1.165) is 0 Å². The fourth-order valence-corrected chi connectivity index (χ4v) is 1.19. The standard InChI is InChI=1S/C8H15N3O3/c9-6(12)2-1-5(3-7(10)13)4-8(11)14/h5H,1-4H2,(H2,9,12)(H2,10,13)(H2,11,14). The predicted octanol–water partition coefficient (Wildman–Crippen LogP) is -1.38. The third kappa shape index (κ3) is 7.08. The van der Waals surface area contributed by atoms with Crippen LogP contribution in [-0.2, 0) is 14.4 Å². The summed E-state index contributed by atoms with van der Waals surface area (Å²) in [5.41, 5.74) is 14.9. The summed E-state index contributed by atoms with van der Waals surface area (Å²) >= 11 is 0. The highest BCUT2D eigenvalue weighted by atomic mass is 16.2. The minimum Gasteiger partial charge on any atom is -0.370 e. The van der Waals surface area contributed by atoms with Crippen LogP contribution in [-0.4, -0.2) is 17.7 Å². The van der Waals surface area contributed by atoms with Crippen molar-refractivity contribution in [2.45, 2.75) is 25.7 Å². The average molecular weight is 201 g/mol. The second-order valence-corrected chi connectivity index (χ2v) is 3.21. The van der Waals surface area contributed by atoms with E-state index in [1.807, 2.05) is 0 Å². The molecule has 3 amide bonds. The van der Waals surface area contributed by atoms with Crippen LogP contribution in [0.25, 0.3) is 0 Å². The molecule has 6 N–H and O–H groups in total. The molecule has 0 aromatic rings. The Morgan fingerprint density at radius 1 is 0.857 bits per heavy atom. The Morgan fingerprint density at radius 3 is 1.57 bits per heavy atom. The molecule has 0 aliphatic rings. The van der Waals surface area contributed by atoms with Gasteiger partial charge in [0.2, 0.25) is 17.7 Å². The summed E-state index contributed by atoms with van der Waals surface area (Å²) < 4.78 is 0. The number of primary amides is 3. The molecule has 6 nitrogen and oxygen atoms in total. The molecular weight excluding hydrogens is 186 g/mol. The Kier molecular flexibility index (Phi) is 5.28. The van der Waals surface area contributed by atoms with Gasteiger partial charge in [-0.2, -0.15) is 0 Å². The fraction of sp³-hybridized carbons (Fsp3) is 0.625. The van der Waals surface area contributed by atoms with Crippen molar-refractivity contribution in [1.29, 1.82) is 0 Å². The van der Waals surface area contributed by atoms with E-state index in [-0.39, 0.29) is 25.2 Å². The molecule has 0 saturated carbocycles. The SMILES string of the molecule is NC(=O)CCC(CC(N)=O)CC(N)=O. The van der Waals surface area contributed by atoms with Crippen LogP contribution in [0.5, 0.6) is 0 Å². The first-order chi connectivity index (χ1) is 6.41. The maximum absolute atomic E-state index is 10.6. The van der Waals surface area contributed by atoms with E-state index in [9.17, 15) is 14.4 Å². The van der Waals surface area contributed by atoms with E-state index in [4.69, 9.17) is 17.2 Å². The third-order valence-corrected chi connectivity index (χ3v) is 1.78. The molecule has 0 spiro atoms. The molecule has 0 heterocycles. The highest BCUT2D eigenvalue weighted by Gasteiger charge is 2.15. The highest BCUT2D eigenvalue weighted by Crippen LogP contribution is 2.14. The van der Waals surface area contributed by atoms with Gasteiger partial charge in [0.05, 0.1) is 0 Å². The average Bonchev–Trinajstić information content (AvgIpc) is 1.97. The van der Waals surface area contributed by atoms with Gasteiger partial charge in [-0.1, -0.05) is 0 Å². The molecule has 0 aromatic heterocycles. The lowest BCUT2D eigenvalue weighted by Gasteiger charge is -2.11. The number of hydrogen-bond donors (Lipinski definition) is 3. The Morgan fingerprint density at radius 2 is 1.29 bits per heavy atom. The molecule has 6 heteroatoms. The van der Waals surface area contributed by atoms with Gasteiger partial charge in [-0.25, -0.2) is 0 Å². The first-order valence-electron chi connectivity index (χ1n) is 4.26. The number of carbonyl (C=O) groups is 3. The van der Waals surface area contributed by atoms with Gasteiger partial charge in [0.25, 0.3) is 0 Å². The molecule has 0 aliphatic carbocycles. The van der Waals surface area contributed by atoms with Crippen molar-refractivity contribution < 1.29 is 14.4 Å². The zero-order valence-corrected chi connectivity index (χ0v) is 7.86. The van der Waals surface area contributed by atoms with Crippen molar-refractivity contribution in [3.05, 3.63) is 0 Å². The van der Waals surface area contributed by atoms with Crippen LogP contribution in [0, 0.1) is 5.92 Å². The monoisotopic (exact) mass is 201 g/mol. The predicted molar refractivity (Wildman–Crippen MR) is 49.5 cm³/mol. The summed E-state index contributed by atoms with van der Waals surface area (Å²) in [7, 11) is 0. The third-order valence-electron chi connectivity index (χ3n) is 1.78. The Balaban J connectivity index is 4.03. The molecule has 0 radical (unpaired) electrons. The van der Waals surface area contributed by atoms with Gasteiger partial charge in [0.1, 0.15) is 0 Å². The summed E-state index contributed by atoms with van der Waals surface area (Å²) in [6.07, 6.45) is 0.596. The number of rotatable bonds is 7. The lowest BCUT2D eigenvalue weighted by atomic mass is 9.95. The summed E-state index contributed by atoms with van der Waals surface area (Å²) in [5.74, 6) is -1.78. The van der Waals surface area contributed by atoms with Crippen LogP contribution in [0.4, 0.5) is 0 Å². The first kappa shape index (κ1) is 12.4. The summed E-state index contributed by atoms with van der Waals surface area (Å²) in [6.45, 7) is 0.